The van der Waals surface area contributed by atoms with Crippen LogP contribution in [0.25, 0.3) is 5.69 Å². The molecule has 0 saturated carbocycles. The van der Waals surface area contributed by atoms with Crippen LogP contribution in [0.3, 0.4) is 0 Å². The van der Waals surface area contributed by atoms with Crippen LogP contribution < -0.4 is 10.2 Å². The van der Waals surface area contributed by atoms with Gasteiger partial charge in [0.05, 0.1) is 22.4 Å². The zero-order valence-corrected chi connectivity index (χ0v) is 24.0. The molecule has 0 bridgehead atoms. The standard InChI is InChI=1S/C29H35F2N5O2S/c1-18-7-10-20(11-8-18)36-28-25(27(33-36)29(2,3)4)26(21-12-9-19(30)15-22(21)31)39-17-24(38)35(28)16-23(37)32-13-14-34(5)6/h7-12,15,26H,13-14,16-17H2,1-6H3,(H,32,37)/t26-/m1/s1. The van der Waals surface area contributed by atoms with E-state index < -0.39 is 22.3 Å². The maximum atomic E-state index is 15.2. The first-order valence-corrected chi connectivity index (χ1v) is 13.9. The van der Waals surface area contributed by atoms with Crippen LogP contribution in [-0.2, 0) is 15.0 Å². The second-order valence-electron chi connectivity index (χ2n) is 11.1. The van der Waals surface area contributed by atoms with E-state index in [1.165, 1.54) is 28.8 Å². The molecule has 10 heteroatoms. The largest absolute Gasteiger partial charge is 0.353 e. The van der Waals surface area contributed by atoms with Crippen LogP contribution in [0.2, 0.25) is 0 Å². The monoisotopic (exact) mass is 555 g/mol. The fraction of sp³-hybridized carbons (Fsp3) is 0.414. The molecule has 39 heavy (non-hydrogen) atoms. The Bertz CT molecular complexity index is 1370. The van der Waals surface area contributed by atoms with Crippen LogP contribution >= 0.6 is 11.8 Å². The highest BCUT2D eigenvalue weighted by Crippen LogP contribution is 2.49. The molecule has 1 N–H and O–H groups in total. The van der Waals surface area contributed by atoms with Gasteiger partial charge in [-0.1, -0.05) is 44.5 Å². The average Bonchev–Trinajstić information content (AvgIpc) is 3.18. The summed E-state index contributed by atoms with van der Waals surface area (Å²) in [6.45, 7) is 8.87. The molecular weight excluding hydrogens is 520 g/mol. The number of thioether (sulfide) groups is 1. The molecule has 0 radical (unpaired) electrons. The summed E-state index contributed by atoms with van der Waals surface area (Å²) >= 11 is 1.26. The van der Waals surface area contributed by atoms with Gasteiger partial charge in [-0.15, -0.1) is 11.8 Å². The van der Waals surface area contributed by atoms with Crippen molar-refractivity contribution in [2.45, 2.75) is 38.4 Å². The topological polar surface area (TPSA) is 70.5 Å². The first-order valence-electron chi connectivity index (χ1n) is 12.9. The van der Waals surface area contributed by atoms with Gasteiger partial charge in [-0.3, -0.25) is 14.5 Å². The number of likely N-dealkylation sites (N-methyl/N-ethyl adjacent to an activating group) is 1. The molecule has 2 aromatic carbocycles. The van der Waals surface area contributed by atoms with Crippen LogP contribution in [0.5, 0.6) is 0 Å². The van der Waals surface area contributed by atoms with Crippen molar-refractivity contribution in [1.82, 2.24) is 20.0 Å². The van der Waals surface area contributed by atoms with Gasteiger partial charge in [0.15, 0.2) is 0 Å². The molecule has 2 heterocycles. The number of hydrogen-bond donors (Lipinski definition) is 1. The summed E-state index contributed by atoms with van der Waals surface area (Å²) in [4.78, 5) is 30.1. The normalized spacial score (nSPS) is 15.9. The molecular formula is C29H35F2N5O2S. The number of nitrogens with one attached hydrogen (secondary N) is 1. The minimum atomic E-state index is -0.691. The molecule has 1 atom stereocenters. The van der Waals surface area contributed by atoms with E-state index in [-0.39, 0.29) is 29.7 Å². The lowest BCUT2D eigenvalue weighted by atomic mass is 9.87. The fourth-order valence-corrected chi connectivity index (χ4v) is 5.74. The molecule has 7 nitrogen and oxygen atoms in total. The Morgan fingerprint density at radius 2 is 1.85 bits per heavy atom. The summed E-state index contributed by atoms with van der Waals surface area (Å²) in [6, 6.07) is 11.2. The predicted octanol–water partition coefficient (Wildman–Crippen LogP) is 4.60. The third-order valence-corrected chi connectivity index (χ3v) is 7.74. The smallest absolute Gasteiger partial charge is 0.240 e. The van der Waals surface area contributed by atoms with Crippen molar-refractivity contribution >= 4 is 29.4 Å². The Morgan fingerprint density at radius 1 is 1.15 bits per heavy atom. The van der Waals surface area contributed by atoms with Crippen molar-refractivity contribution < 1.29 is 18.4 Å². The van der Waals surface area contributed by atoms with Crippen molar-refractivity contribution in [3.8, 4) is 5.69 Å². The van der Waals surface area contributed by atoms with E-state index in [0.29, 0.717) is 35.9 Å². The maximum absolute atomic E-state index is 15.2. The number of anilines is 1. The summed E-state index contributed by atoms with van der Waals surface area (Å²) in [5.74, 6) is -1.52. The van der Waals surface area contributed by atoms with Crippen molar-refractivity contribution in [2.75, 3.05) is 44.4 Å². The van der Waals surface area contributed by atoms with E-state index in [2.05, 4.69) is 5.32 Å². The van der Waals surface area contributed by atoms with E-state index in [1.807, 2.05) is 71.0 Å². The molecule has 4 rings (SSSR count). The zero-order chi connectivity index (χ0) is 28.5. The number of amides is 2. The zero-order valence-electron chi connectivity index (χ0n) is 23.2. The summed E-state index contributed by atoms with van der Waals surface area (Å²) in [6.07, 6.45) is 0. The lowest BCUT2D eigenvalue weighted by Gasteiger charge is -2.25. The Hall–Kier alpha value is -3.24. The lowest BCUT2D eigenvalue weighted by molar-refractivity contribution is -0.122. The van der Waals surface area contributed by atoms with Crippen LogP contribution in [0.15, 0.2) is 42.5 Å². The summed E-state index contributed by atoms with van der Waals surface area (Å²) in [7, 11) is 3.83. The van der Waals surface area contributed by atoms with Gasteiger partial charge in [0.2, 0.25) is 11.8 Å². The molecule has 0 aliphatic carbocycles. The van der Waals surface area contributed by atoms with Crippen LogP contribution in [0, 0.1) is 18.6 Å². The summed E-state index contributed by atoms with van der Waals surface area (Å²) in [5.41, 5.74) is 2.87. The van der Waals surface area contributed by atoms with E-state index in [1.54, 1.807) is 4.68 Å². The van der Waals surface area contributed by atoms with E-state index in [9.17, 15) is 14.0 Å². The van der Waals surface area contributed by atoms with Crippen LogP contribution in [0.4, 0.5) is 14.6 Å². The van der Waals surface area contributed by atoms with Crippen LogP contribution in [-0.4, -0.2) is 66.0 Å². The number of benzene rings is 2. The Labute approximate surface area is 232 Å². The van der Waals surface area contributed by atoms with Gasteiger partial charge in [0.1, 0.15) is 24.0 Å². The molecule has 1 aliphatic rings. The lowest BCUT2D eigenvalue weighted by Crippen LogP contribution is -2.43. The van der Waals surface area contributed by atoms with E-state index in [0.717, 1.165) is 11.6 Å². The Morgan fingerprint density at radius 3 is 2.46 bits per heavy atom. The second-order valence-corrected chi connectivity index (χ2v) is 12.2. The van der Waals surface area contributed by atoms with Gasteiger partial charge in [0.25, 0.3) is 0 Å². The molecule has 1 aromatic heterocycles. The Balaban J connectivity index is 1.94. The van der Waals surface area contributed by atoms with Gasteiger partial charge in [0, 0.05) is 35.7 Å². The summed E-state index contributed by atoms with van der Waals surface area (Å²) in [5, 5.41) is 7.22. The molecule has 0 fully saturated rings. The number of carbonyl (C=O) groups is 2. The number of fused-ring (bicyclic) bond motifs is 1. The summed E-state index contributed by atoms with van der Waals surface area (Å²) < 4.78 is 30.8. The molecule has 2 amide bonds. The first kappa shape index (κ1) is 28.8. The van der Waals surface area contributed by atoms with Crippen molar-refractivity contribution in [2.24, 2.45) is 0 Å². The highest BCUT2D eigenvalue weighted by molar-refractivity contribution is 8.00. The highest BCUT2D eigenvalue weighted by atomic mass is 32.2. The molecule has 0 unspecified atom stereocenters. The third-order valence-electron chi connectivity index (χ3n) is 6.51. The number of carbonyl (C=O) groups excluding carboxylic acids is 2. The fourth-order valence-electron chi connectivity index (χ4n) is 4.52. The molecule has 0 saturated heterocycles. The number of halogens is 2. The minimum absolute atomic E-state index is 0.0125. The maximum Gasteiger partial charge on any atom is 0.240 e. The van der Waals surface area contributed by atoms with Crippen molar-refractivity contribution in [3.05, 3.63) is 76.5 Å². The van der Waals surface area contributed by atoms with E-state index >= 15 is 4.39 Å². The number of hydrogen-bond acceptors (Lipinski definition) is 5. The number of aryl methyl sites for hydroxylation is 1. The predicted molar refractivity (Wildman–Crippen MR) is 152 cm³/mol. The van der Waals surface area contributed by atoms with Gasteiger partial charge >= 0.3 is 0 Å². The minimum Gasteiger partial charge on any atom is -0.353 e. The SMILES string of the molecule is Cc1ccc(-n2nc(C(C)(C)C)c3c2N(CC(=O)NCCN(C)C)C(=O)CS[C@@H]3c2ccc(F)cc2F)cc1. The van der Waals surface area contributed by atoms with Gasteiger partial charge in [-0.05, 0) is 39.2 Å². The number of aromatic nitrogens is 2. The van der Waals surface area contributed by atoms with Gasteiger partial charge in [-0.2, -0.15) is 5.10 Å². The highest BCUT2D eigenvalue weighted by Gasteiger charge is 2.40. The van der Waals surface area contributed by atoms with E-state index in [4.69, 9.17) is 5.10 Å². The molecule has 0 spiro atoms. The quantitative estimate of drug-likeness (QED) is 0.462. The molecule has 1 aliphatic heterocycles. The van der Waals surface area contributed by atoms with Gasteiger partial charge < -0.3 is 10.2 Å². The molecule has 3 aromatic rings. The third kappa shape index (κ3) is 6.33. The van der Waals surface area contributed by atoms with Crippen molar-refractivity contribution in [3.63, 3.8) is 0 Å². The van der Waals surface area contributed by atoms with Crippen LogP contribution in [0.1, 0.15) is 48.4 Å². The van der Waals surface area contributed by atoms with Gasteiger partial charge in [-0.25, -0.2) is 13.5 Å². The number of rotatable bonds is 7. The first-order chi connectivity index (χ1) is 18.4. The second kappa shape index (κ2) is 11.5. The number of nitrogens with zero attached hydrogens (tertiary/aromatic N) is 4. The molecule has 208 valence electrons. The Kier molecular flexibility index (Phi) is 8.46. The van der Waals surface area contributed by atoms with Crippen molar-refractivity contribution in [1.29, 1.82) is 0 Å². The average molecular weight is 556 g/mol.